The van der Waals surface area contributed by atoms with Gasteiger partial charge in [0, 0.05) is 23.4 Å². The van der Waals surface area contributed by atoms with E-state index in [2.05, 4.69) is 26.2 Å². The van der Waals surface area contributed by atoms with Gasteiger partial charge in [-0.3, -0.25) is 14.1 Å². The molecule has 0 spiro atoms. The van der Waals surface area contributed by atoms with Crippen molar-refractivity contribution in [1.29, 1.82) is 0 Å². The maximum Gasteiger partial charge on any atom is 0.264 e. The monoisotopic (exact) mass is 459 g/mol. The van der Waals surface area contributed by atoms with Crippen molar-refractivity contribution in [1.82, 2.24) is 10.3 Å². The van der Waals surface area contributed by atoms with E-state index in [1.165, 1.54) is 12.1 Å². The van der Waals surface area contributed by atoms with Crippen molar-refractivity contribution in [2.75, 3.05) is 10.8 Å². The highest BCUT2D eigenvalue weighted by Gasteiger charge is 2.27. The first-order valence-electron chi connectivity index (χ1n) is 8.46. The first-order valence-corrected chi connectivity index (χ1v) is 10.7. The number of nitrogens with one attached hydrogen (secondary N) is 1. The lowest BCUT2D eigenvalue weighted by Crippen LogP contribution is -2.40. The van der Waals surface area contributed by atoms with Gasteiger partial charge in [-0.2, -0.15) is 0 Å². The number of rotatable bonds is 7. The van der Waals surface area contributed by atoms with Gasteiger partial charge < -0.3 is 5.32 Å². The van der Waals surface area contributed by atoms with Crippen LogP contribution in [-0.2, 0) is 21.4 Å². The Morgan fingerprint density at radius 3 is 2.50 bits per heavy atom. The smallest absolute Gasteiger partial charge is 0.264 e. The summed E-state index contributed by atoms with van der Waals surface area (Å²) < 4.78 is 28.2. The summed E-state index contributed by atoms with van der Waals surface area (Å²) in [6.45, 7) is -0.0711. The first kappa shape index (κ1) is 20.0. The maximum absolute atomic E-state index is 13.2. The average Bonchev–Trinajstić information content (AvgIpc) is 2.72. The van der Waals surface area contributed by atoms with Crippen LogP contribution < -0.4 is 9.62 Å². The van der Waals surface area contributed by atoms with Crippen LogP contribution in [0.25, 0.3) is 0 Å². The van der Waals surface area contributed by atoms with E-state index in [0.29, 0.717) is 10.2 Å². The minimum atomic E-state index is -3.91. The lowest BCUT2D eigenvalue weighted by Gasteiger charge is -2.24. The van der Waals surface area contributed by atoms with E-state index in [1.807, 2.05) is 6.07 Å². The number of sulfonamides is 1. The molecule has 0 unspecified atom stereocenters. The van der Waals surface area contributed by atoms with Crippen LogP contribution in [0.1, 0.15) is 5.56 Å². The van der Waals surface area contributed by atoms with Gasteiger partial charge >= 0.3 is 0 Å². The standard InChI is InChI=1S/C20H18BrN3O3S/c21-17-7-4-8-18(12-17)24(28(26,27)19-9-2-1-3-10-19)15-20(25)23-14-16-6-5-11-22-13-16/h1-13H,14-15H2,(H,23,25). The zero-order chi connectivity index (χ0) is 20.0. The minimum Gasteiger partial charge on any atom is -0.350 e. The van der Waals surface area contributed by atoms with Crippen LogP contribution in [0, 0.1) is 0 Å². The fourth-order valence-corrected chi connectivity index (χ4v) is 4.38. The van der Waals surface area contributed by atoms with Crippen molar-refractivity contribution in [3.8, 4) is 0 Å². The third-order valence-electron chi connectivity index (χ3n) is 3.93. The largest absolute Gasteiger partial charge is 0.350 e. The lowest BCUT2D eigenvalue weighted by molar-refractivity contribution is -0.119. The quantitative estimate of drug-likeness (QED) is 0.587. The van der Waals surface area contributed by atoms with Crippen LogP contribution in [0.3, 0.4) is 0 Å². The number of nitrogens with zero attached hydrogens (tertiary/aromatic N) is 2. The second-order valence-corrected chi connectivity index (χ2v) is 8.72. The number of hydrogen-bond acceptors (Lipinski definition) is 4. The normalized spacial score (nSPS) is 11.0. The Labute approximate surface area is 172 Å². The molecule has 3 rings (SSSR count). The Hall–Kier alpha value is -2.71. The SMILES string of the molecule is O=C(CN(c1cccc(Br)c1)S(=O)(=O)c1ccccc1)NCc1cccnc1. The van der Waals surface area contributed by atoms with Gasteiger partial charge in [-0.25, -0.2) is 8.42 Å². The van der Waals surface area contributed by atoms with Crippen molar-refractivity contribution in [2.45, 2.75) is 11.4 Å². The number of pyridine rings is 1. The molecule has 0 atom stereocenters. The molecule has 0 aliphatic rings. The second-order valence-electron chi connectivity index (χ2n) is 5.94. The van der Waals surface area contributed by atoms with E-state index in [-0.39, 0.29) is 18.0 Å². The molecule has 0 aliphatic carbocycles. The van der Waals surface area contributed by atoms with Gasteiger partial charge in [0.2, 0.25) is 5.91 Å². The molecule has 1 heterocycles. The fraction of sp³-hybridized carbons (Fsp3) is 0.100. The molecular weight excluding hydrogens is 442 g/mol. The van der Waals surface area contributed by atoms with Crippen LogP contribution in [0.15, 0.2) is 88.5 Å². The van der Waals surface area contributed by atoms with Crippen molar-refractivity contribution in [3.63, 3.8) is 0 Å². The van der Waals surface area contributed by atoms with E-state index in [1.54, 1.807) is 60.9 Å². The third-order valence-corrected chi connectivity index (χ3v) is 6.21. The molecule has 3 aromatic rings. The number of hydrogen-bond donors (Lipinski definition) is 1. The predicted octanol–water partition coefficient (Wildman–Crippen LogP) is 3.36. The highest BCUT2D eigenvalue weighted by molar-refractivity contribution is 9.10. The lowest BCUT2D eigenvalue weighted by atomic mass is 10.3. The number of benzene rings is 2. The Kier molecular flexibility index (Phi) is 6.43. The summed E-state index contributed by atoms with van der Waals surface area (Å²) in [6, 6.07) is 18.5. The third kappa shape index (κ3) is 4.96. The maximum atomic E-state index is 13.2. The van der Waals surface area contributed by atoms with E-state index >= 15 is 0 Å². The Morgan fingerprint density at radius 2 is 1.82 bits per heavy atom. The average molecular weight is 460 g/mol. The minimum absolute atomic E-state index is 0.120. The van der Waals surface area contributed by atoms with Crippen LogP contribution >= 0.6 is 15.9 Å². The predicted molar refractivity (Wildman–Crippen MR) is 111 cm³/mol. The molecule has 144 valence electrons. The number of carbonyl (C=O) groups is 1. The van der Waals surface area contributed by atoms with Crippen LogP contribution in [0.2, 0.25) is 0 Å². The molecule has 0 saturated carbocycles. The highest BCUT2D eigenvalue weighted by atomic mass is 79.9. The van der Waals surface area contributed by atoms with Gasteiger partial charge in [-0.1, -0.05) is 46.3 Å². The molecule has 2 aromatic carbocycles. The van der Waals surface area contributed by atoms with Crippen LogP contribution in [0.4, 0.5) is 5.69 Å². The van der Waals surface area contributed by atoms with Crippen molar-refractivity contribution >= 4 is 37.5 Å². The number of carbonyl (C=O) groups excluding carboxylic acids is 1. The molecule has 0 fully saturated rings. The van der Waals surface area contributed by atoms with Crippen molar-refractivity contribution in [3.05, 3.63) is 89.2 Å². The van der Waals surface area contributed by atoms with Gasteiger partial charge in [0.05, 0.1) is 10.6 Å². The van der Waals surface area contributed by atoms with Crippen LogP contribution in [0.5, 0.6) is 0 Å². The van der Waals surface area contributed by atoms with Gasteiger partial charge in [-0.15, -0.1) is 0 Å². The Balaban J connectivity index is 1.85. The van der Waals surface area contributed by atoms with E-state index in [0.717, 1.165) is 9.87 Å². The van der Waals surface area contributed by atoms with Gasteiger partial charge in [0.1, 0.15) is 6.54 Å². The summed E-state index contributed by atoms with van der Waals surface area (Å²) in [7, 11) is -3.91. The summed E-state index contributed by atoms with van der Waals surface area (Å²) in [5.41, 5.74) is 1.23. The molecule has 1 aromatic heterocycles. The molecular formula is C20H18BrN3O3S. The summed E-state index contributed by atoms with van der Waals surface area (Å²) in [4.78, 5) is 16.6. The van der Waals surface area contributed by atoms with Crippen LogP contribution in [-0.4, -0.2) is 25.9 Å². The van der Waals surface area contributed by atoms with Gasteiger partial charge in [0.15, 0.2) is 0 Å². The molecule has 1 amide bonds. The summed E-state index contributed by atoms with van der Waals surface area (Å²) >= 11 is 3.35. The number of aromatic nitrogens is 1. The number of amides is 1. The summed E-state index contributed by atoms with van der Waals surface area (Å²) in [6.07, 6.45) is 3.29. The molecule has 0 bridgehead atoms. The molecule has 0 saturated heterocycles. The van der Waals surface area contributed by atoms with Gasteiger partial charge in [0.25, 0.3) is 10.0 Å². The van der Waals surface area contributed by atoms with Gasteiger partial charge in [-0.05, 0) is 42.0 Å². The number of anilines is 1. The molecule has 0 aliphatic heterocycles. The molecule has 28 heavy (non-hydrogen) atoms. The number of halogens is 1. The molecule has 6 nitrogen and oxygen atoms in total. The summed E-state index contributed by atoms with van der Waals surface area (Å²) in [5.74, 6) is -0.414. The zero-order valence-electron chi connectivity index (χ0n) is 14.8. The Bertz CT molecular complexity index is 1040. The topological polar surface area (TPSA) is 79.4 Å². The fourth-order valence-electron chi connectivity index (χ4n) is 2.56. The summed E-state index contributed by atoms with van der Waals surface area (Å²) in [5, 5.41) is 2.74. The molecule has 8 heteroatoms. The Morgan fingerprint density at radius 1 is 1.04 bits per heavy atom. The first-order chi connectivity index (χ1) is 13.5. The van der Waals surface area contributed by atoms with Crippen molar-refractivity contribution < 1.29 is 13.2 Å². The molecule has 1 N–H and O–H groups in total. The zero-order valence-corrected chi connectivity index (χ0v) is 17.2. The molecule has 0 radical (unpaired) electrons. The highest BCUT2D eigenvalue weighted by Crippen LogP contribution is 2.26. The second kappa shape index (κ2) is 8.99. The van der Waals surface area contributed by atoms with E-state index in [4.69, 9.17) is 0 Å². The van der Waals surface area contributed by atoms with E-state index < -0.39 is 15.9 Å². The van der Waals surface area contributed by atoms with Crippen molar-refractivity contribution in [2.24, 2.45) is 0 Å². The van der Waals surface area contributed by atoms with E-state index in [9.17, 15) is 13.2 Å².